The molecular weight excluding hydrogens is 338 g/mol. The zero-order valence-corrected chi connectivity index (χ0v) is 17.6. The number of aryl methyl sites for hydroxylation is 4. The summed E-state index contributed by atoms with van der Waals surface area (Å²) in [6, 6.07) is 4.53. The predicted octanol–water partition coefficient (Wildman–Crippen LogP) is 6.22. The molecule has 0 N–H and O–H groups in total. The second-order valence-electron chi connectivity index (χ2n) is 7.13. The van der Waals surface area contributed by atoms with E-state index in [4.69, 9.17) is 9.97 Å². The molecule has 0 atom stereocenters. The topological polar surface area (TPSA) is 29.0 Å². The van der Waals surface area contributed by atoms with Crippen LogP contribution in [-0.2, 0) is 0 Å². The van der Waals surface area contributed by atoms with Crippen LogP contribution in [-0.4, -0.2) is 23.1 Å². The first kappa shape index (κ1) is 18.8. The number of thiophene rings is 1. The smallest absolute Gasteiger partial charge is 0.150 e. The van der Waals surface area contributed by atoms with Crippen LogP contribution in [0.3, 0.4) is 0 Å². The molecule has 0 amide bonds. The van der Waals surface area contributed by atoms with Gasteiger partial charge < -0.3 is 4.90 Å². The third-order valence-electron chi connectivity index (χ3n) is 4.92. The average molecular weight is 368 g/mol. The minimum absolute atomic E-state index is 0.851. The van der Waals surface area contributed by atoms with Gasteiger partial charge in [0.1, 0.15) is 11.6 Å². The number of hydrogen-bond acceptors (Lipinski definition) is 4. The highest BCUT2D eigenvalue weighted by molar-refractivity contribution is 7.18. The molecular formula is C22H29N3S. The lowest BCUT2D eigenvalue weighted by atomic mass is 9.95. The Morgan fingerprint density at radius 3 is 2.31 bits per heavy atom. The molecule has 3 rings (SSSR count). The van der Waals surface area contributed by atoms with Gasteiger partial charge in [0.15, 0.2) is 0 Å². The van der Waals surface area contributed by atoms with Crippen molar-refractivity contribution >= 4 is 27.4 Å². The summed E-state index contributed by atoms with van der Waals surface area (Å²) in [4.78, 5) is 12.1. The van der Waals surface area contributed by atoms with Crippen molar-refractivity contribution in [1.82, 2.24) is 9.97 Å². The highest BCUT2D eigenvalue weighted by atomic mass is 32.1. The van der Waals surface area contributed by atoms with Crippen LogP contribution in [0.25, 0.3) is 21.3 Å². The van der Waals surface area contributed by atoms with Crippen molar-refractivity contribution in [1.29, 1.82) is 0 Å². The zero-order chi connectivity index (χ0) is 18.8. The fraction of sp³-hybridized carbons (Fsp3) is 0.455. The van der Waals surface area contributed by atoms with Crippen molar-refractivity contribution in [3.8, 4) is 11.1 Å². The van der Waals surface area contributed by atoms with Crippen molar-refractivity contribution in [3.05, 3.63) is 40.0 Å². The van der Waals surface area contributed by atoms with E-state index in [1.807, 2.05) is 6.92 Å². The summed E-state index contributed by atoms with van der Waals surface area (Å²) >= 11 is 1.78. The molecule has 4 heteroatoms. The summed E-state index contributed by atoms with van der Waals surface area (Å²) in [5.74, 6) is 1.95. The number of hydrogen-bond donors (Lipinski definition) is 0. The van der Waals surface area contributed by atoms with Crippen molar-refractivity contribution in [3.63, 3.8) is 0 Å². The van der Waals surface area contributed by atoms with Crippen LogP contribution in [0.15, 0.2) is 17.5 Å². The van der Waals surface area contributed by atoms with Gasteiger partial charge in [0.2, 0.25) is 0 Å². The molecule has 3 nitrogen and oxygen atoms in total. The van der Waals surface area contributed by atoms with Crippen LogP contribution in [0.5, 0.6) is 0 Å². The van der Waals surface area contributed by atoms with Gasteiger partial charge in [0.25, 0.3) is 0 Å². The van der Waals surface area contributed by atoms with E-state index in [-0.39, 0.29) is 0 Å². The van der Waals surface area contributed by atoms with Crippen LogP contribution in [0.2, 0.25) is 0 Å². The Morgan fingerprint density at radius 1 is 1.00 bits per heavy atom. The van der Waals surface area contributed by atoms with Crippen LogP contribution in [0.1, 0.15) is 49.2 Å². The van der Waals surface area contributed by atoms with E-state index in [0.717, 1.165) is 30.2 Å². The Hall–Kier alpha value is -1.94. The highest BCUT2D eigenvalue weighted by Crippen LogP contribution is 2.40. The predicted molar refractivity (Wildman–Crippen MR) is 115 cm³/mol. The zero-order valence-electron chi connectivity index (χ0n) is 16.8. The van der Waals surface area contributed by atoms with Crippen molar-refractivity contribution in [2.75, 3.05) is 18.0 Å². The summed E-state index contributed by atoms with van der Waals surface area (Å²) in [5.41, 5.74) is 7.62. The van der Waals surface area contributed by atoms with E-state index in [2.05, 4.69) is 57.0 Å². The van der Waals surface area contributed by atoms with Crippen molar-refractivity contribution in [2.45, 2.75) is 54.4 Å². The standard InChI is InChI=1S/C22H29N3S/c1-7-9-10-25(8-2)22-21-20(23-17(6)24-22)18(13-26-21)19-15(4)11-14(3)12-16(19)5/h11-13H,7-10H2,1-6H3. The van der Waals surface area contributed by atoms with Gasteiger partial charge in [0.05, 0.1) is 10.2 Å². The SMILES string of the molecule is CCCCN(CC)c1nc(C)nc2c(-c3c(C)cc(C)cc3C)csc12. The summed E-state index contributed by atoms with van der Waals surface area (Å²) < 4.78 is 1.21. The molecule has 0 aliphatic heterocycles. The Bertz CT molecular complexity index is 904. The van der Waals surface area contributed by atoms with Crippen molar-refractivity contribution in [2.24, 2.45) is 0 Å². The quantitative estimate of drug-likeness (QED) is 0.518. The van der Waals surface area contributed by atoms with Gasteiger partial charge in [-0.3, -0.25) is 0 Å². The molecule has 0 saturated carbocycles. The molecule has 0 fully saturated rings. The number of nitrogens with zero attached hydrogens (tertiary/aromatic N) is 3. The molecule has 1 aromatic carbocycles. The lowest BCUT2D eigenvalue weighted by Gasteiger charge is -2.22. The molecule has 0 aliphatic rings. The second-order valence-corrected chi connectivity index (χ2v) is 8.01. The highest BCUT2D eigenvalue weighted by Gasteiger charge is 2.19. The molecule has 0 radical (unpaired) electrons. The number of anilines is 1. The molecule has 0 aliphatic carbocycles. The van der Waals surface area contributed by atoms with Crippen molar-refractivity contribution < 1.29 is 0 Å². The van der Waals surface area contributed by atoms with Crippen LogP contribution in [0.4, 0.5) is 5.82 Å². The third-order valence-corrected chi connectivity index (χ3v) is 5.88. The summed E-state index contributed by atoms with van der Waals surface area (Å²) in [6.45, 7) is 15.0. The molecule has 2 heterocycles. The molecule has 3 aromatic rings. The maximum atomic E-state index is 4.85. The van der Waals surface area contributed by atoms with E-state index >= 15 is 0 Å². The molecule has 0 unspecified atom stereocenters. The Balaban J connectivity index is 2.20. The minimum Gasteiger partial charge on any atom is -0.356 e. The van der Waals surface area contributed by atoms with Crippen LogP contribution < -0.4 is 4.90 Å². The van der Waals surface area contributed by atoms with E-state index in [1.165, 1.54) is 45.4 Å². The summed E-state index contributed by atoms with van der Waals surface area (Å²) in [6.07, 6.45) is 2.38. The number of benzene rings is 1. The number of unbranched alkanes of at least 4 members (excludes halogenated alkanes) is 1. The number of rotatable bonds is 6. The van der Waals surface area contributed by atoms with Gasteiger partial charge in [-0.25, -0.2) is 9.97 Å². The molecule has 0 saturated heterocycles. The number of fused-ring (bicyclic) bond motifs is 1. The molecule has 0 spiro atoms. The molecule has 2 aromatic heterocycles. The lowest BCUT2D eigenvalue weighted by molar-refractivity contribution is 0.725. The van der Waals surface area contributed by atoms with E-state index < -0.39 is 0 Å². The van der Waals surface area contributed by atoms with Crippen LogP contribution in [0, 0.1) is 27.7 Å². The van der Waals surface area contributed by atoms with E-state index in [9.17, 15) is 0 Å². The maximum Gasteiger partial charge on any atom is 0.150 e. The number of aromatic nitrogens is 2. The molecule has 26 heavy (non-hydrogen) atoms. The van der Waals surface area contributed by atoms with Gasteiger partial charge in [-0.2, -0.15) is 0 Å². The van der Waals surface area contributed by atoms with E-state index in [1.54, 1.807) is 11.3 Å². The van der Waals surface area contributed by atoms with Gasteiger partial charge in [-0.15, -0.1) is 11.3 Å². The molecule has 0 bridgehead atoms. The monoisotopic (exact) mass is 367 g/mol. The van der Waals surface area contributed by atoms with Crippen LogP contribution >= 0.6 is 11.3 Å². The Morgan fingerprint density at radius 2 is 1.69 bits per heavy atom. The second kappa shape index (κ2) is 7.75. The maximum absolute atomic E-state index is 4.85. The van der Waals surface area contributed by atoms with Gasteiger partial charge in [-0.1, -0.05) is 31.0 Å². The average Bonchev–Trinajstić information content (AvgIpc) is 2.98. The fourth-order valence-corrected chi connectivity index (χ4v) is 4.78. The first-order valence-corrected chi connectivity index (χ1v) is 10.4. The lowest BCUT2D eigenvalue weighted by Crippen LogP contribution is -2.25. The van der Waals surface area contributed by atoms with Gasteiger partial charge in [-0.05, 0) is 57.7 Å². The largest absolute Gasteiger partial charge is 0.356 e. The van der Waals surface area contributed by atoms with Gasteiger partial charge >= 0.3 is 0 Å². The Labute approximate surface area is 161 Å². The first-order chi connectivity index (χ1) is 12.5. The Kier molecular flexibility index (Phi) is 5.61. The molecule has 138 valence electrons. The fourth-order valence-electron chi connectivity index (χ4n) is 3.77. The minimum atomic E-state index is 0.851. The summed E-state index contributed by atoms with van der Waals surface area (Å²) in [7, 11) is 0. The normalized spacial score (nSPS) is 11.3. The summed E-state index contributed by atoms with van der Waals surface area (Å²) in [5, 5.41) is 2.26. The first-order valence-electron chi connectivity index (χ1n) is 9.55. The van der Waals surface area contributed by atoms with E-state index in [0.29, 0.717) is 0 Å². The van der Waals surface area contributed by atoms with Gasteiger partial charge in [0, 0.05) is 24.0 Å². The third kappa shape index (κ3) is 3.48.